The van der Waals surface area contributed by atoms with Gasteiger partial charge in [0.2, 0.25) is 5.91 Å². The lowest BCUT2D eigenvalue weighted by Crippen LogP contribution is -2.36. The van der Waals surface area contributed by atoms with E-state index in [1.807, 2.05) is 24.3 Å². The second kappa shape index (κ2) is 11.0. The maximum Gasteiger partial charge on any atom is 0.234 e. The van der Waals surface area contributed by atoms with Crippen molar-refractivity contribution in [3.8, 4) is 11.5 Å². The van der Waals surface area contributed by atoms with Gasteiger partial charge >= 0.3 is 0 Å². The van der Waals surface area contributed by atoms with Crippen LogP contribution in [0.25, 0.3) is 10.9 Å². The molecule has 0 spiro atoms. The summed E-state index contributed by atoms with van der Waals surface area (Å²) in [4.78, 5) is 24.5. The van der Waals surface area contributed by atoms with E-state index in [0.717, 1.165) is 34.8 Å². The summed E-state index contributed by atoms with van der Waals surface area (Å²) in [6.45, 7) is 3.79. The Labute approximate surface area is 201 Å². The van der Waals surface area contributed by atoms with Crippen LogP contribution in [0.4, 0.5) is 5.69 Å². The van der Waals surface area contributed by atoms with E-state index in [0.29, 0.717) is 42.0 Å². The molecule has 2 heterocycles. The zero-order valence-electron chi connectivity index (χ0n) is 18.5. The van der Waals surface area contributed by atoms with Gasteiger partial charge in [-0.25, -0.2) is 9.97 Å². The third-order valence-electron chi connectivity index (χ3n) is 5.17. The van der Waals surface area contributed by atoms with Gasteiger partial charge in [0.1, 0.15) is 22.3 Å². The van der Waals surface area contributed by atoms with Gasteiger partial charge in [-0.3, -0.25) is 9.69 Å². The van der Waals surface area contributed by atoms with E-state index in [9.17, 15) is 4.79 Å². The molecule has 8 nitrogen and oxygen atoms in total. The third-order valence-corrected chi connectivity index (χ3v) is 6.46. The fraction of sp³-hybridized carbons (Fsp3) is 0.348. The van der Waals surface area contributed by atoms with Crippen molar-refractivity contribution in [2.45, 2.75) is 11.6 Å². The van der Waals surface area contributed by atoms with Crippen molar-refractivity contribution in [3.63, 3.8) is 0 Å². The lowest BCUT2D eigenvalue weighted by Gasteiger charge is -2.25. The minimum absolute atomic E-state index is 0.171. The normalized spacial score (nSPS) is 14.3. The van der Waals surface area contributed by atoms with Gasteiger partial charge in [0.05, 0.1) is 56.0 Å². The molecule has 1 N–H and O–H groups in total. The molecule has 1 aliphatic heterocycles. The van der Waals surface area contributed by atoms with Gasteiger partial charge in [-0.15, -0.1) is 0 Å². The standard InChI is InChI=1S/C23H25ClN4O4S/c1-30-19-12-20(31-2)18(11-16(19)24)26-22(29)14-33-23-15-5-3-4-6-17(15)25-21(27-23)13-28-7-9-32-10-8-28/h3-6,11-12H,7-10,13-14H2,1-2H3,(H,26,29). The molecule has 0 aliphatic carbocycles. The number of carbonyl (C=O) groups is 1. The molecule has 174 valence electrons. The van der Waals surface area contributed by atoms with Gasteiger partial charge in [-0.2, -0.15) is 0 Å². The minimum Gasteiger partial charge on any atom is -0.495 e. The number of methoxy groups -OCH3 is 2. The van der Waals surface area contributed by atoms with E-state index in [1.165, 1.54) is 26.0 Å². The Morgan fingerprint density at radius 3 is 2.67 bits per heavy atom. The van der Waals surface area contributed by atoms with Crippen LogP contribution in [-0.2, 0) is 16.1 Å². The summed E-state index contributed by atoms with van der Waals surface area (Å²) in [6, 6.07) is 11.1. The number of aromatic nitrogens is 2. The largest absolute Gasteiger partial charge is 0.495 e. The summed E-state index contributed by atoms with van der Waals surface area (Å²) in [5.41, 5.74) is 1.34. The Morgan fingerprint density at radius 1 is 1.15 bits per heavy atom. The summed E-state index contributed by atoms with van der Waals surface area (Å²) < 4.78 is 16.0. The summed E-state index contributed by atoms with van der Waals surface area (Å²) in [5, 5.41) is 4.95. The zero-order chi connectivity index (χ0) is 23.2. The number of nitrogens with zero attached hydrogens (tertiary/aromatic N) is 3. The predicted octanol–water partition coefficient (Wildman–Crippen LogP) is 3.86. The topological polar surface area (TPSA) is 85.8 Å². The first kappa shape index (κ1) is 23.6. The molecule has 0 saturated carbocycles. The van der Waals surface area contributed by atoms with E-state index >= 15 is 0 Å². The first-order chi connectivity index (χ1) is 16.1. The first-order valence-corrected chi connectivity index (χ1v) is 11.8. The SMILES string of the molecule is COc1cc(OC)c(NC(=O)CSc2nc(CN3CCOCC3)nc3ccccc23)cc1Cl. The van der Waals surface area contributed by atoms with Crippen molar-refractivity contribution < 1.29 is 19.0 Å². The number of rotatable bonds is 8. The number of benzene rings is 2. The van der Waals surface area contributed by atoms with Crippen LogP contribution >= 0.6 is 23.4 Å². The van der Waals surface area contributed by atoms with Crippen molar-refractivity contribution in [3.05, 3.63) is 47.2 Å². The molecule has 33 heavy (non-hydrogen) atoms. The van der Waals surface area contributed by atoms with Gasteiger partial charge < -0.3 is 19.5 Å². The zero-order valence-corrected chi connectivity index (χ0v) is 20.0. The van der Waals surface area contributed by atoms with Gasteiger partial charge in [0, 0.05) is 24.5 Å². The van der Waals surface area contributed by atoms with Crippen LogP contribution < -0.4 is 14.8 Å². The highest BCUT2D eigenvalue weighted by atomic mass is 35.5. The number of nitrogens with one attached hydrogen (secondary N) is 1. The number of para-hydroxylation sites is 1. The van der Waals surface area contributed by atoms with Crippen molar-refractivity contribution in [2.24, 2.45) is 0 Å². The van der Waals surface area contributed by atoms with Crippen LogP contribution in [0.2, 0.25) is 5.02 Å². The van der Waals surface area contributed by atoms with E-state index < -0.39 is 0 Å². The number of amides is 1. The number of fused-ring (bicyclic) bond motifs is 1. The highest BCUT2D eigenvalue weighted by Crippen LogP contribution is 2.36. The second-order valence-electron chi connectivity index (χ2n) is 7.37. The van der Waals surface area contributed by atoms with Crippen LogP contribution in [0, 0.1) is 0 Å². The molecular weight excluding hydrogens is 464 g/mol. The number of hydrogen-bond acceptors (Lipinski definition) is 8. The molecule has 0 radical (unpaired) electrons. The molecule has 1 fully saturated rings. The van der Waals surface area contributed by atoms with Gasteiger partial charge in [-0.1, -0.05) is 41.6 Å². The number of hydrogen-bond donors (Lipinski definition) is 1. The average molecular weight is 489 g/mol. The van der Waals surface area contributed by atoms with Crippen LogP contribution in [0.15, 0.2) is 41.4 Å². The highest BCUT2D eigenvalue weighted by molar-refractivity contribution is 8.00. The number of halogens is 1. The molecular formula is C23H25ClN4O4S. The predicted molar refractivity (Wildman–Crippen MR) is 130 cm³/mol. The smallest absolute Gasteiger partial charge is 0.234 e. The van der Waals surface area contributed by atoms with Crippen molar-refractivity contribution in [1.29, 1.82) is 0 Å². The number of ether oxygens (including phenoxy) is 3. The Hall–Kier alpha value is -2.59. The molecule has 2 aromatic carbocycles. The monoisotopic (exact) mass is 488 g/mol. The first-order valence-electron chi connectivity index (χ1n) is 10.5. The van der Waals surface area contributed by atoms with E-state index in [1.54, 1.807) is 12.1 Å². The van der Waals surface area contributed by atoms with E-state index in [4.69, 9.17) is 35.8 Å². The summed E-state index contributed by atoms with van der Waals surface area (Å²) in [5.74, 6) is 1.65. The van der Waals surface area contributed by atoms with Crippen molar-refractivity contribution >= 4 is 45.9 Å². The lowest BCUT2D eigenvalue weighted by molar-refractivity contribution is -0.113. The molecule has 1 aliphatic rings. The Morgan fingerprint density at radius 2 is 1.91 bits per heavy atom. The molecule has 1 aromatic heterocycles. The van der Waals surface area contributed by atoms with Gasteiger partial charge in [0.25, 0.3) is 0 Å². The molecule has 4 rings (SSSR count). The Balaban J connectivity index is 1.49. The van der Waals surface area contributed by atoms with Crippen molar-refractivity contribution in [1.82, 2.24) is 14.9 Å². The highest BCUT2D eigenvalue weighted by Gasteiger charge is 2.17. The number of anilines is 1. The minimum atomic E-state index is -0.197. The maximum atomic E-state index is 12.7. The number of morpholine rings is 1. The molecule has 1 amide bonds. The number of thioether (sulfide) groups is 1. The number of carbonyl (C=O) groups excluding carboxylic acids is 1. The van der Waals surface area contributed by atoms with Crippen molar-refractivity contribution in [2.75, 3.05) is 51.6 Å². The fourth-order valence-corrected chi connectivity index (χ4v) is 4.59. The van der Waals surface area contributed by atoms with Crippen LogP contribution in [0.1, 0.15) is 5.82 Å². The van der Waals surface area contributed by atoms with Gasteiger partial charge in [0.15, 0.2) is 0 Å². The van der Waals surface area contributed by atoms with Gasteiger partial charge in [-0.05, 0) is 12.1 Å². The molecule has 1 saturated heterocycles. The Bertz CT molecular complexity index is 1140. The van der Waals surface area contributed by atoms with Crippen LogP contribution in [0.3, 0.4) is 0 Å². The molecule has 0 atom stereocenters. The third kappa shape index (κ3) is 5.86. The average Bonchev–Trinajstić information content (AvgIpc) is 2.83. The van der Waals surface area contributed by atoms with E-state index in [2.05, 4.69) is 10.2 Å². The summed E-state index contributed by atoms with van der Waals surface area (Å²) in [7, 11) is 3.05. The fourth-order valence-electron chi connectivity index (χ4n) is 3.51. The molecule has 3 aromatic rings. The molecule has 10 heteroatoms. The maximum absolute atomic E-state index is 12.7. The summed E-state index contributed by atoms with van der Waals surface area (Å²) in [6.07, 6.45) is 0. The summed E-state index contributed by atoms with van der Waals surface area (Å²) >= 11 is 7.59. The molecule has 0 unspecified atom stereocenters. The lowest BCUT2D eigenvalue weighted by atomic mass is 10.2. The van der Waals surface area contributed by atoms with Crippen LogP contribution in [-0.4, -0.2) is 67.1 Å². The molecule has 0 bridgehead atoms. The van der Waals surface area contributed by atoms with Crippen LogP contribution in [0.5, 0.6) is 11.5 Å². The second-order valence-corrected chi connectivity index (χ2v) is 8.75. The Kier molecular flexibility index (Phi) is 7.87. The van der Waals surface area contributed by atoms with E-state index in [-0.39, 0.29) is 11.7 Å². The quantitative estimate of drug-likeness (QED) is 0.378.